The van der Waals surface area contributed by atoms with E-state index in [9.17, 15) is 14.7 Å². The van der Waals surface area contributed by atoms with E-state index < -0.39 is 11.9 Å². The van der Waals surface area contributed by atoms with Crippen LogP contribution >= 0.6 is 11.6 Å². The molecule has 1 amide bonds. The van der Waals surface area contributed by atoms with E-state index in [1.54, 1.807) is 23.2 Å². The molecule has 1 N–H and O–H groups in total. The van der Waals surface area contributed by atoms with E-state index in [1.807, 2.05) is 36.4 Å². The van der Waals surface area contributed by atoms with Crippen LogP contribution in [0.4, 0.5) is 0 Å². The van der Waals surface area contributed by atoms with Crippen LogP contribution < -0.4 is 4.74 Å². The third-order valence-electron chi connectivity index (χ3n) is 5.36. The van der Waals surface area contributed by atoms with Crippen molar-refractivity contribution >= 4 is 34.4 Å². The van der Waals surface area contributed by atoms with Gasteiger partial charge < -0.3 is 14.7 Å². The molecule has 154 valence electrons. The topological polar surface area (TPSA) is 79.7 Å². The first-order valence-electron chi connectivity index (χ1n) is 9.80. The lowest BCUT2D eigenvalue weighted by molar-refractivity contribution is -0.146. The minimum absolute atomic E-state index is 0.137. The predicted molar refractivity (Wildman–Crippen MR) is 115 cm³/mol. The van der Waals surface area contributed by atoms with Gasteiger partial charge in [0.25, 0.3) is 5.91 Å². The summed E-state index contributed by atoms with van der Waals surface area (Å²) in [5.74, 6) is -1.04. The second kappa shape index (κ2) is 8.71. The summed E-state index contributed by atoms with van der Waals surface area (Å²) < 4.78 is 5.69. The summed E-state index contributed by atoms with van der Waals surface area (Å²) in [6.45, 7) is 0.659. The zero-order valence-corrected chi connectivity index (χ0v) is 17.0. The van der Waals surface area contributed by atoms with E-state index in [1.165, 1.54) is 0 Å². The van der Waals surface area contributed by atoms with Crippen molar-refractivity contribution < 1.29 is 19.4 Å². The summed E-state index contributed by atoms with van der Waals surface area (Å²) in [6.07, 6.45) is 3.01. The molecule has 0 radical (unpaired) electrons. The highest BCUT2D eigenvalue weighted by atomic mass is 35.5. The lowest BCUT2D eigenvalue weighted by Crippen LogP contribution is -2.44. The monoisotopic (exact) mass is 424 g/mol. The van der Waals surface area contributed by atoms with Crippen LogP contribution in [0.2, 0.25) is 5.02 Å². The number of hydrogen-bond acceptors (Lipinski definition) is 4. The number of piperidine rings is 1. The van der Waals surface area contributed by atoms with Gasteiger partial charge in [0, 0.05) is 41.3 Å². The van der Waals surface area contributed by atoms with Gasteiger partial charge in [-0.15, -0.1) is 0 Å². The molecule has 1 atom stereocenters. The molecule has 0 unspecified atom stereocenters. The fourth-order valence-corrected chi connectivity index (χ4v) is 4.01. The molecule has 2 heterocycles. The maximum absolute atomic E-state index is 12.5. The SMILES string of the molecule is O=C(O)[C@H]1CCCN(C(=O)COc2ccc3c(-c4ccccc4Cl)ccnc3c2)C1. The second-order valence-corrected chi connectivity index (χ2v) is 7.73. The number of carboxylic acid groups (broad SMARTS) is 1. The van der Waals surface area contributed by atoms with Gasteiger partial charge in [-0.05, 0) is 42.7 Å². The normalized spacial score (nSPS) is 16.4. The number of aliphatic carboxylic acids is 1. The van der Waals surface area contributed by atoms with Crippen LogP contribution in [0.25, 0.3) is 22.0 Å². The van der Waals surface area contributed by atoms with Crippen molar-refractivity contribution in [1.29, 1.82) is 0 Å². The van der Waals surface area contributed by atoms with E-state index in [4.69, 9.17) is 16.3 Å². The Hall–Kier alpha value is -3.12. The van der Waals surface area contributed by atoms with E-state index in [0.717, 1.165) is 22.0 Å². The number of ether oxygens (including phenoxy) is 1. The molecule has 1 fully saturated rings. The average molecular weight is 425 g/mol. The lowest BCUT2D eigenvalue weighted by Gasteiger charge is -2.30. The molecule has 2 aromatic carbocycles. The molecule has 1 aliphatic heterocycles. The molecule has 0 bridgehead atoms. The number of carbonyl (C=O) groups excluding carboxylic acids is 1. The maximum atomic E-state index is 12.5. The number of halogens is 1. The molecule has 1 saturated heterocycles. The number of carboxylic acids is 1. The fraction of sp³-hybridized carbons (Fsp3) is 0.261. The van der Waals surface area contributed by atoms with E-state index >= 15 is 0 Å². The van der Waals surface area contributed by atoms with Gasteiger partial charge in [-0.2, -0.15) is 0 Å². The number of amides is 1. The zero-order valence-electron chi connectivity index (χ0n) is 16.3. The molecule has 0 spiro atoms. The highest BCUT2D eigenvalue weighted by Gasteiger charge is 2.28. The lowest BCUT2D eigenvalue weighted by atomic mass is 9.98. The standard InChI is InChI=1S/C23H21ClN2O4/c24-20-6-2-1-5-18(20)17-9-10-25-21-12-16(7-8-19(17)21)30-14-22(27)26-11-3-4-15(13-26)23(28)29/h1-2,5-10,12,15H,3-4,11,13-14H2,(H,28,29)/t15-/m0/s1. The van der Waals surface area contributed by atoms with Crippen molar-refractivity contribution in [3.8, 4) is 16.9 Å². The highest BCUT2D eigenvalue weighted by Crippen LogP contribution is 2.33. The van der Waals surface area contributed by atoms with Gasteiger partial charge in [-0.3, -0.25) is 14.6 Å². The summed E-state index contributed by atoms with van der Waals surface area (Å²) in [4.78, 5) is 29.6. The van der Waals surface area contributed by atoms with Crippen LogP contribution in [0.15, 0.2) is 54.7 Å². The molecule has 1 aromatic heterocycles. The summed E-state index contributed by atoms with van der Waals surface area (Å²) in [5.41, 5.74) is 2.64. The van der Waals surface area contributed by atoms with Crippen molar-refractivity contribution in [2.75, 3.05) is 19.7 Å². The van der Waals surface area contributed by atoms with Crippen molar-refractivity contribution in [3.63, 3.8) is 0 Å². The van der Waals surface area contributed by atoms with Gasteiger partial charge in [0.05, 0.1) is 11.4 Å². The maximum Gasteiger partial charge on any atom is 0.308 e. The summed E-state index contributed by atoms with van der Waals surface area (Å²) in [5, 5.41) is 10.8. The Morgan fingerprint density at radius 2 is 2.00 bits per heavy atom. The number of aromatic nitrogens is 1. The first-order valence-corrected chi connectivity index (χ1v) is 10.2. The summed E-state index contributed by atoms with van der Waals surface area (Å²) in [7, 11) is 0. The predicted octanol–water partition coefficient (Wildman–Crippen LogP) is 4.26. The van der Waals surface area contributed by atoms with Crippen LogP contribution in [-0.4, -0.2) is 46.6 Å². The van der Waals surface area contributed by atoms with Gasteiger partial charge in [0.1, 0.15) is 5.75 Å². The number of pyridine rings is 1. The third kappa shape index (κ3) is 4.24. The molecule has 1 aliphatic rings. The quantitative estimate of drug-likeness (QED) is 0.662. The van der Waals surface area contributed by atoms with Gasteiger partial charge >= 0.3 is 5.97 Å². The number of hydrogen-bond donors (Lipinski definition) is 1. The first-order chi connectivity index (χ1) is 14.5. The van der Waals surface area contributed by atoms with Crippen LogP contribution in [0.1, 0.15) is 12.8 Å². The molecule has 4 rings (SSSR count). The van der Waals surface area contributed by atoms with Crippen LogP contribution in [0, 0.1) is 5.92 Å². The average Bonchev–Trinajstić information content (AvgIpc) is 2.77. The van der Waals surface area contributed by atoms with Crippen LogP contribution in [-0.2, 0) is 9.59 Å². The van der Waals surface area contributed by atoms with Crippen LogP contribution in [0.3, 0.4) is 0 Å². The largest absolute Gasteiger partial charge is 0.484 e. The minimum atomic E-state index is -0.858. The fourth-order valence-electron chi connectivity index (χ4n) is 3.77. The number of likely N-dealkylation sites (tertiary alicyclic amines) is 1. The van der Waals surface area contributed by atoms with E-state index in [0.29, 0.717) is 30.2 Å². The molecule has 0 saturated carbocycles. The molecule has 7 heteroatoms. The van der Waals surface area contributed by atoms with Crippen molar-refractivity contribution in [3.05, 3.63) is 59.8 Å². The first kappa shape index (κ1) is 20.2. The Kier molecular flexibility index (Phi) is 5.86. The Balaban J connectivity index is 1.49. The van der Waals surface area contributed by atoms with Gasteiger partial charge in [-0.25, -0.2) is 0 Å². The Labute approximate surface area is 179 Å². The van der Waals surface area contributed by atoms with E-state index in [2.05, 4.69) is 4.98 Å². The molecular formula is C23H21ClN2O4. The highest BCUT2D eigenvalue weighted by molar-refractivity contribution is 6.33. The van der Waals surface area contributed by atoms with Gasteiger partial charge in [0.15, 0.2) is 6.61 Å². The number of carbonyl (C=O) groups is 2. The molecule has 3 aromatic rings. The molecule has 6 nitrogen and oxygen atoms in total. The summed E-state index contributed by atoms with van der Waals surface area (Å²) >= 11 is 6.35. The number of fused-ring (bicyclic) bond motifs is 1. The van der Waals surface area contributed by atoms with E-state index in [-0.39, 0.29) is 19.1 Å². The third-order valence-corrected chi connectivity index (χ3v) is 5.69. The number of nitrogens with zero attached hydrogens (tertiary/aromatic N) is 2. The zero-order chi connectivity index (χ0) is 21.1. The molecule has 30 heavy (non-hydrogen) atoms. The minimum Gasteiger partial charge on any atom is -0.484 e. The van der Waals surface area contributed by atoms with Crippen molar-refractivity contribution in [1.82, 2.24) is 9.88 Å². The summed E-state index contributed by atoms with van der Waals surface area (Å²) in [6, 6.07) is 15.0. The van der Waals surface area contributed by atoms with Gasteiger partial charge in [-0.1, -0.05) is 29.8 Å². The van der Waals surface area contributed by atoms with Crippen molar-refractivity contribution in [2.24, 2.45) is 5.92 Å². The Morgan fingerprint density at radius 1 is 1.17 bits per heavy atom. The Bertz CT molecular complexity index is 1100. The van der Waals surface area contributed by atoms with Gasteiger partial charge in [0.2, 0.25) is 0 Å². The smallest absolute Gasteiger partial charge is 0.308 e. The Morgan fingerprint density at radius 3 is 2.80 bits per heavy atom. The molecule has 0 aliphatic carbocycles. The number of rotatable bonds is 5. The number of benzene rings is 2. The van der Waals surface area contributed by atoms with Crippen molar-refractivity contribution in [2.45, 2.75) is 12.8 Å². The van der Waals surface area contributed by atoms with Crippen LogP contribution in [0.5, 0.6) is 5.75 Å². The molecular weight excluding hydrogens is 404 g/mol. The second-order valence-electron chi connectivity index (χ2n) is 7.32.